The third-order valence-corrected chi connectivity index (χ3v) is 8.18. The highest BCUT2D eigenvalue weighted by Crippen LogP contribution is 2.38. The standard InChI is InChI=1S/C31H29ClF2N4O4.C2HF3O2/c1-17-4-3-5-26(38-13-11-19(15-27(38)39)28-23(33)9-8-22(32)29(28)34)25-14-18(10-12-35-25)21-7-6-20(36-31(41)42-2)16-24(21)37-30(17)40;3-2(4,5)1(6)7/h6-10,12,14-17,26H,3-5,11,13H2,1-2H3,(H,36,41)(H,37,40);(H,6,7)/t17-,26+;/m1./s1. The largest absolute Gasteiger partial charge is 0.490 e. The summed E-state index contributed by atoms with van der Waals surface area (Å²) >= 11 is 5.89. The number of carbonyl (C=O) groups excluding carboxylic acids is 3. The van der Waals surface area contributed by atoms with Crippen molar-refractivity contribution < 1.29 is 51.0 Å². The van der Waals surface area contributed by atoms with Crippen LogP contribution < -0.4 is 10.6 Å². The summed E-state index contributed by atoms with van der Waals surface area (Å²) in [7, 11) is 1.26. The Morgan fingerprint density at radius 2 is 1.82 bits per heavy atom. The molecule has 0 fully saturated rings. The number of pyridine rings is 1. The first-order valence-electron chi connectivity index (χ1n) is 14.8. The van der Waals surface area contributed by atoms with Crippen LogP contribution >= 0.6 is 11.6 Å². The Bertz CT molecular complexity index is 1800. The van der Waals surface area contributed by atoms with Crippen molar-refractivity contribution in [3.63, 3.8) is 0 Å². The normalized spacial score (nSPS) is 18.0. The molecule has 2 atom stereocenters. The lowest BCUT2D eigenvalue weighted by molar-refractivity contribution is -0.192. The SMILES string of the molecule is COC(=O)Nc1ccc2c(c1)NC(=O)[C@H](C)CCC[C@H](N1CCC(c3c(F)ccc(Cl)c3F)=CC1=O)c1cc-2ccn1.O=C(O)C(F)(F)F. The van der Waals surface area contributed by atoms with Crippen molar-refractivity contribution in [1.82, 2.24) is 9.88 Å². The monoisotopic (exact) mass is 708 g/mol. The molecule has 2 aliphatic rings. The second-order valence-corrected chi connectivity index (χ2v) is 11.6. The molecule has 2 aliphatic heterocycles. The number of halogens is 6. The van der Waals surface area contributed by atoms with Crippen molar-refractivity contribution in [2.24, 2.45) is 5.92 Å². The number of benzene rings is 2. The molecule has 0 aliphatic carbocycles. The van der Waals surface area contributed by atoms with Gasteiger partial charge in [0.15, 0.2) is 5.82 Å². The Hall–Kier alpha value is -5.05. The van der Waals surface area contributed by atoms with E-state index in [2.05, 4.69) is 20.4 Å². The molecular weight excluding hydrogens is 679 g/mol. The van der Waals surface area contributed by atoms with Gasteiger partial charge in [0.05, 0.1) is 35.1 Å². The van der Waals surface area contributed by atoms with Crippen LogP contribution in [0.15, 0.2) is 54.7 Å². The van der Waals surface area contributed by atoms with E-state index in [1.165, 1.54) is 13.2 Å². The van der Waals surface area contributed by atoms with Gasteiger partial charge in [-0.2, -0.15) is 13.2 Å². The van der Waals surface area contributed by atoms with Crippen LogP contribution in [0.3, 0.4) is 0 Å². The Labute approximate surface area is 281 Å². The molecule has 10 nitrogen and oxygen atoms in total. The van der Waals surface area contributed by atoms with Crippen LogP contribution in [0.2, 0.25) is 5.02 Å². The Balaban J connectivity index is 0.000000698. The number of rotatable bonds is 3. The van der Waals surface area contributed by atoms with Gasteiger partial charge in [0.25, 0.3) is 0 Å². The van der Waals surface area contributed by atoms with E-state index in [1.807, 2.05) is 13.0 Å². The van der Waals surface area contributed by atoms with Gasteiger partial charge >= 0.3 is 18.2 Å². The molecule has 0 saturated carbocycles. The number of anilines is 2. The molecule has 3 heterocycles. The summed E-state index contributed by atoms with van der Waals surface area (Å²) in [5.41, 5.74) is 3.02. The minimum atomic E-state index is -5.08. The minimum Gasteiger partial charge on any atom is -0.475 e. The van der Waals surface area contributed by atoms with Gasteiger partial charge < -0.3 is 20.1 Å². The van der Waals surface area contributed by atoms with Gasteiger partial charge in [0.1, 0.15) is 5.82 Å². The minimum absolute atomic E-state index is 0.176. The Morgan fingerprint density at radius 3 is 2.47 bits per heavy atom. The summed E-state index contributed by atoms with van der Waals surface area (Å²) in [5, 5.41) is 12.5. The third-order valence-electron chi connectivity index (χ3n) is 7.89. The van der Waals surface area contributed by atoms with Crippen LogP contribution in [0.5, 0.6) is 0 Å². The molecule has 2 aromatic carbocycles. The van der Waals surface area contributed by atoms with Crippen molar-refractivity contribution in [1.29, 1.82) is 0 Å². The van der Waals surface area contributed by atoms with Crippen molar-refractivity contribution in [2.75, 3.05) is 24.3 Å². The van der Waals surface area contributed by atoms with Crippen LogP contribution in [0.4, 0.5) is 38.1 Å². The smallest absolute Gasteiger partial charge is 0.475 e. The van der Waals surface area contributed by atoms with Crippen LogP contribution in [0, 0.1) is 17.6 Å². The second kappa shape index (κ2) is 15.4. The number of hydrogen-bond acceptors (Lipinski definition) is 6. The maximum atomic E-state index is 14.7. The maximum absolute atomic E-state index is 14.7. The molecule has 49 heavy (non-hydrogen) atoms. The van der Waals surface area contributed by atoms with E-state index >= 15 is 0 Å². The Kier molecular flexibility index (Phi) is 11.6. The summed E-state index contributed by atoms with van der Waals surface area (Å²) in [6.45, 7) is 2.06. The fourth-order valence-electron chi connectivity index (χ4n) is 5.40. The molecule has 5 rings (SSSR count). The van der Waals surface area contributed by atoms with E-state index in [-0.39, 0.29) is 46.9 Å². The van der Waals surface area contributed by atoms with Gasteiger partial charge in [-0.05, 0) is 66.8 Å². The average molecular weight is 709 g/mol. The van der Waals surface area contributed by atoms with Crippen molar-refractivity contribution in [3.05, 3.63) is 82.7 Å². The number of nitrogens with zero attached hydrogens (tertiary/aromatic N) is 2. The number of carboxylic acids is 1. The molecule has 0 unspecified atom stereocenters. The maximum Gasteiger partial charge on any atom is 0.490 e. The van der Waals surface area contributed by atoms with Gasteiger partial charge in [-0.1, -0.05) is 31.0 Å². The molecule has 3 aromatic rings. The van der Waals surface area contributed by atoms with Gasteiger partial charge in [-0.15, -0.1) is 0 Å². The lowest BCUT2D eigenvalue weighted by Gasteiger charge is -2.34. The van der Waals surface area contributed by atoms with Crippen molar-refractivity contribution in [2.45, 2.75) is 44.8 Å². The zero-order valence-electron chi connectivity index (χ0n) is 26.0. The summed E-state index contributed by atoms with van der Waals surface area (Å²) in [6, 6.07) is 10.6. The van der Waals surface area contributed by atoms with Crippen molar-refractivity contribution >= 4 is 52.4 Å². The highest BCUT2D eigenvalue weighted by Gasteiger charge is 2.38. The van der Waals surface area contributed by atoms with Crippen LogP contribution in [-0.2, 0) is 19.1 Å². The number of amides is 3. The number of alkyl halides is 3. The number of methoxy groups -OCH3 is 1. The Morgan fingerprint density at radius 1 is 1.10 bits per heavy atom. The first kappa shape index (κ1) is 36.8. The van der Waals surface area contributed by atoms with Crippen LogP contribution in [0.25, 0.3) is 16.7 Å². The van der Waals surface area contributed by atoms with E-state index in [1.54, 1.807) is 35.4 Å². The number of carboxylic acid groups (broad SMARTS) is 1. The number of aliphatic carboxylic acids is 1. The first-order chi connectivity index (χ1) is 23.1. The fraction of sp³-hybridized carbons (Fsp3) is 0.303. The zero-order chi connectivity index (χ0) is 36.0. The fourth-order valence-corrected chi connectivity index (χ4v) is 5.55. The number of ether oxygens (including phenoxy) is 1. The van der Waals surface area contributed by atoms with Crippen molar-refractivity contribution in [3.8, 4) is 11.1 Å². The molecule has 3 N–H and O–H groups in total. The molecule has 0 spiro atoms. The van der Waals surface area contributed by atoms with Gasteiger partial charge in [0.2, 0.25) is 11.8 Å². The highest BCUT2D eigenvalue weighted by atomic mass is 35.5. The summed E-state index contributed by atoms with van der Waals surface area (Å²) in [5.74, 6) is -5.32. The first-order valence-corrected chi connectivity index (χ1v) is 15.2. The number of carbonyl (C=O) groups is 4. The lowest BCUT2D eigenvalue weighted by Crippen LogP contribution is -2.38. The highest BCUT2D eigenvalue weighted by molar-refractivity contribution is 6.31. The molecule has 0 radical (unpaired) electrons. The summed E-state index contributed by atoms with van der Waals surface area (Å²) in [4.78, 5) is 53.5. The predicted molar refractivity (Wildman–Crippen MR) is 169 cm³/mol. The number of aromatic nitrogens is 1. The number of fused-ring (bicyclic) bond motifs is 4. The topological polar surface area (TPSA) is 138 Å². The molecule has 260 valence electrons. The lowest BCUT2D eigenvalue weighted by atomic mass is 9.92. The van der Waals surface area contributed by atoms with Crippen LogP contribution in [-0.4, -0.2) is 58.7 Å². The van der Waals surface area contributed by atoms with E-state index in [4.69, 9.17) is 21.5 Å². The predicted octanol–water partition coefficient (Wildman–Crippen LogP) is 7.61. The van der Waals surface area contributed by atoms with E-state index in [0.29, 0.717) is 41.9 Å². The van der Waals surface area contributed by atoms with Gasteiger partial charge in [-0.25, -0.2) is 18.4 Å². The average Bonchev–Trinajstić information content (AvgIpc) is 3.05. The van der Waals surface area contributed by atoms with E-state index < -0.39 is 35.9 Å². The van der Waals surface area contributed by atoms with Crippen LogP contribution in [0.1, 0.15) is 49.9 Å². The third kappa shape index (κ3) is 8.90. The molecule has 16 heteroatoms. The zero-order valence-corrected chi connectivity index (χ0v) is 26.8. The van der Waals surface area contributed by atoms with Gasteiger partial charge in [0, 0.05) is 36.0 Å². The molecule has 2 bridgehead atoms. The molecular formula is C33H30ClF5N4O6. The number of nitrogens with one attached hydrogen (secondary N) is 2. The van der Waals surface area contributed by atoms with E-state index in [9.17, 15) is 36.3 Å². The molecule has 1 aromatic heterocycles. The summed E-state index contributed by atoms with van der Waals surface area (Å²) in [6.07, 6.45) is -0.862. The van der Waals surface area contributed by atoms with Gasteiger partial charge in [-0.3, -0.25) is 19.9 Å². The quantitative estimate of drug-likeness (QED) is 0.188. The molecule has 3 amide bonds. The summed E-state index contributed by atoms with van der Waals surface area (Å²) < 4.78 is 65.7. The number of hydrogen-bond donors (Lipinski definition) is 3. The van der Waals surface area contributed by atoms with E-state index in [0.717, 1.165) is 17.7 Å². The molecule has 0 saturated heterocycles. The second-order valence-electron chi connectivity index (χ2n) is 11.2.